The summed E-state index contributed by atoms with van der Waals surface area (Å²) >= 11 is 3.43. The maximum absolute atomic E-state index is 5.83. The Morgan fingerprint density at radius 3 is 2.56 bits per heavy atom. The fourth-order valence-corrected chi connectivity index (χ4v) is 2.24. The van der Waals surface area contributed by atoms with E-state index in [4.69, 9.17) is 4.74 Å². The molecule has 0 bridgehead atoms. The molecule has 0 aromatic heterocycles. The van der Waals surface area contributed by atoms with Crippen LogP contribution in [-0.2, 0) is 6.42 Å². The molecule has 0 aliphatic heterocycles. The minimum absolute atomic E-state index is 0.804. The average Bonchev–Trinajstić information content (AvgIpc) is 2.40. The van der Waals surface area contributed by atoms with Crippen molar-refractivity contribution in [2.75, 3.05) is 11.9 Å². The van der Waals surface area contributed by atoms with Gasteiger partial charge in [0.1, 0.15) is 5.75 Å². The van der Waals surface area contributed by atoms with Gasteiger partial charge in [0.15, 0.2) is 0 Å². The molecule has 1 aromatic rings. The number of alkyl halides is 1. The van der Waals surface area contributed by atoms with Crippen LogP contribution in [0.1, 0.15) is 51.0 Å². The molecule has 0 amide bonds. The van der Waals surface area contributed by atoms with Crippen LogP contribution in [0.3, 0.4) is 0 Å². The quantitative estimate of drug-likeness (QED) is 0.417. The Labute approximate surface area is 120 Å². The van der Waals surface area contributed by atoms with Crippen LogP contribution in [0, 0.1) is 0 Å². The Morgan fingerprint density at radius 1 is 1.00 bits per heavy atom. The second-order valence-corrected chi connectivity index (χ2v) is 5.46. The fourth-order valence-electron chi connectivity index (χ4n) is 2.01. The van der Waals surface area contributed by atoms with E-state index >= 15 is 0 Å². The average molecular weight is 313 g/mol. The summed E-state index contributed by atoms with van der Waals surface area (Å²) in [5, 5.41) is 1.01. The topological polar surface area (TPSA) is 9.23 Å². The predicted octanol–water partition coefficient (Wildman–Crippen LogP) is 5.36. The van der Waals surface area contributed by atoms with E-state index in [2.05, 4.69) is 47.1 Å². The van der Waals surface area contributed by atoms with Gasteiger partial charge in [0.05, 0.1) is 6.61 Å². The molecule has 0 fully saturated rings. The second kappa shape index (κ2) is 10.4. The molecule has 0 saturated heterocycles. The third-order valence-electron chi connectivity index (χ3n) is 3.06. The van der Waals surface area contributed by atoms with Gasteiger partial charge in [-0.2, -0.15) is 0 Å². The van der Waals surface area contributed by atoms with Crippen molar-refractivity contribution in [2.24, 2.45) is 0 Å². The van der Waals surface area contributed by atoms with Gasteiger partial charge in [0.2, 0.25) is 0 Å². The third-order valence-corrected chi connectivity index (χ3v) is 3.62. The van der Waals surface area contributed by atoms with Crippen LogP contribution in [0.2, 0.25) is 0 Å². The van der Waals surface area contributed by atoms with Crippen LogP contribution in [0.5, 0.6) is 5.75 Å². The van der Waals surface area contributed by atoms with Crippen LogP contribution in [0.25, 0.3) is 0 Å². The van der Waals surface area contributed by atoms with Gasteiger partial charge in [-0.1, -0.05) is 66.7 Å². The lowest BCUT2D eigenvalue weighted by molar-refractivity contribution is 0.315. The van der Waals surface area contributed by atoms with Crippen molar-refractivity contribution in [3.8, 4) is 5.75 Å². The van der Waals surface area contributed by atoms with Gasteiger partial charge < -0.3 is 4.74 Å². The maximum Gasteiger partial charge on any atom is 0.122 e. The highest BCUT2D eigenvalue weighted by molar-refractivity contribution is 9.09. The van der Waals surface area contributed by atoms with Gasteiger partial charge >= 0.3 is 0 Å². The van der Waals surface area contributed by atoms with Crippen LogP contribution in [0.15, 0.2) is 24.3 Å². The van der Waals surface area contributed by atoms with E-state index in [0.29, 0.717) is 0 Å². The smallest absolute Gasteiger partial charge is 0.122 e. The second-order valence-electron chi connectivity index (χ2n) is 4.66. The number of rotatable bonds is 10. The Hall–Kier alpha value is -0.500. The van der Waals surface area contributed by atoms with Crippen LogP contribution >= 0.6 is 15.9 Å². The van der Waals surface area contributed by atoms with Gasteiger partial charge in [-0.3, -0.25) is 0 Å². The first-order chi connectivity index (χ1) is 8.88. The Kier molecular flexibility index (Phi) is 9.01. The van der Waals surface area contributed by atoms with E-state index in [9.17, 15) is 0 Å². The Bertz CT molecular complexity index is 312. The highest BCUT2D eigenvalue weighted by Crippen LogP contribution is 2.21. The molecule has 0 saturated carbocycles. The zero-order valence-electron chi connectivity index (χ0n) is 11.5. The molecule has 0 heterocycles. The fraction of sp³-hybridized carbons (Fsp3) is 0.625. The molecule has 1 rings (SSSR count). The summed E-state index contributed by atoms with van der Waals surface area (Å²) < 4.78 is 5.83. The molecule has 0 radical (unpaired) electrons. The molecule has 0 spiro atoms. The van der Waals surface area contributed by atoms with Crippen molar-refractivity contribution in [3.05, 3.63) is 29.8 Å². The number of benzene rings is 1. The van der Waals surface area contributed by atoms with E-state index in [0.717, 1.165) is 30.5 Å². The highest BCUT2D eigenvalue weighted by atomic mass is 79.9. The summed E-state index contributed by atoms with van der Waals surface area (Å²) in [4.78, 5) is 0. The lowest BCUT2D eigenvalue weighted by atomic mass is 10.0. The molecule has 0 N–H and O–H groups in total. The van der Waals surface area contributed by atoms with Crippen LogP contribution in [-0.4, -0.2) is 11.9 Å². The monoisotopic (exact) mass is 312 g/mol. The largest absolute Gasteiger partial charge is 0.493 e. The molecule has 1 nitrogen and oxygen atoms in total. The van der Waals surface area contributed by atoms with Crippen molar-refractivity contribution in [1.29, 1.82) is 0 Å². The van der Waals surface area contributed by atoms with Gasteiger partial charge in [0.25, 0.3) is 0 Å². The Morgan fingerprint density at radius 2 is 1.78 bits per heavy atom. The molecular weight excluding hydrogens is 288 g/mol. The molecule has 0 aliphatic rings. The van der Waals surface area contributed by atoms with Crippen molar-refractivity contribution in [3.63, 3.8) is 0 Å². The summed E-state index contributed by atoms with van der Waals surface area (Å²) in [5.74, 6) is 1.08. The van der Waals surface area contributed by atoms with Gasteiger partial charge in [-0.15, -0.1) is 0 Å². The summed E-state index contributed by atoms with van der Waals surface area (Å²) in [5.41, 5.74) is 1.36. The summed E-state index contributed by atoms with van der Waals surface area (Å²) in [6, 6.07) is 8.46. The van der Waals surface area contributed by atoms with E-state index in [1.54, 1.807) is 0 Å². The van der Waals surface area contributed by atoms with Crippen molar-refractivity contribution >= 4 is 15.9 Å². The van der Waals surface area contributed by atoms with Gasteiger partial charge in [-0.05, 0) is 30.9 Å². The molecule has 102 valence electrons. The predicted molar refractivity (Wildman–Crippen MR) is 82.8 cm³/mol. The zero-order chi connectivity index (χ0) is 13.1. The molecule has 0 atom stereocenters. The lowest BCUT2D eigenvalue weighted by Crippen LogP contribution is -2.00. The number of aryl methyl sites for hydroxylation is 1. The first-order valence-corrected chi connectivity index (χ1v) is 8.27. The third kappa shape index (κ3) is 6.44. The molecule has 0 unspecified atom stereocenters. The first-order valence-electron chi connectivity index (χ1n) is 7.15. The summed E-state index contributed by atoms with van der Waals surface area (Å²) in [6.45, 7) is 3.06. The molecule has 1 aromatic carbocycles. The SMILES string of the molecule is CCCCCCCc1ccccc1OCCCBr. The van der Waals surface area contributed by atoms with E-state index in [1.807, 2.05) is 0 Å². The lowest BCUT2D eigenvalue weighted by Gasteiger charge is -2.10. The van der Waals surface area contributed by atoms with Crippen molar-refractivity contribution in [2.45, 2.75) is 51.9 Å². The normalized spacial score (nSPS) is 10.6. The first kappa shape index (κ1) is 15.6. The van der Waals surface area contributed by atoms with Crippen molar-refractivity contribution < 1.29 is 4.74 Å². The number of para-hydroxylation sites is 1. The zero-order valence-corrected chi connectivity index (χ0v) is 13.0. The Balaban J connectivity index is 2.33. The molecule has 18 heavy (non-hydrogen) atoms. The minimum atomic E-state index is 0.804. The van der Waals surface area contributed by atoms with Crippen LogP contribution < -0.4 is 4.74 Å². The number of unbranched alkanes of at least 4 members (excludes halogenated alkanes) is 4. The van der Waals surface area contributed by atoms with E-state index < -0.39 is 0 Å². The highest BCUT2D eigenvalue weighted by Gasteiger charge is 2.02. The number of hydrogen-bond donors (Lipinski definition) is 0. The van der Waals surface area contributed by atoms with Gasteiger partial charge in [-0.25, -0.2) is 0 Å². The van der Waals surface area contributed by atoms with E-state index in [-0.39, 0.29) is 0 Å². The van der Waals surface area contributed by atoms with Crippen LogP contribution in [0.4, 0.5) is 0 Å². The minimum Gasteiger partial charge on any atom is -0.493 e. The molecule has 0 aliphatic carbocycles. The molecule has 2 heteroatoms. The summed E-state index contributed by atoms with van der Waals surface area (Å²) in [6.07, 6.45) is 8.86. The molecular formula is C16H25BrO. The van der Waals surface area contributed by atoms with Crippen molar-refractivity contribution in [1.82, 2.24) is 0 Å². The number of ether oxygens (including phenoxy) is 1. The van der Waals surface area contributed by atoms with Gasteiger partial charge in [0, 0.05) is 5.33 Å². The standard InChI is InChI=1S/C16H25BrO/c1-2-3-4-5-6-10-15-11-7-8-12-16(15)18-14-9-13-17/h7-8,11-12H,2-6,9-10,13-14H2,1H3. The number of halogens is 1. The number of hydrogen-bond acceptors (Lipinski definition) is 1. The van der Waals surface area contributed by atoms with E-state index in [1.165, 1.54) is 37.7 Å². The maximum atomic E-state index is 5.83. The summed E-state index contributed by atoms with van der Waals surface area (Å²) in [7, 11) is 0.